The maximum Gasteiger partial charge on any atom is 0.316 e. The first kappa shape index (κ1) is 21.5. The van der Waals surface area contributed by atoms with Crippen molar-refractivity contribution in [3.63, 3.8) is 0 Å². The van der Waals surface area contributed by atoms with Crippen molar-refractivity contribution in [1.82, 2.24) is 4.90 Å². The van der Waals surface area contributed by atoms with Crippen molar-refractivity contribution in [3.8, 4) is 0 Å². The summed E-state index contributed by atoms with van der Waals surface area (Å²) >= 11 is 0. The van der Waals surface area contributed by atoms with E-state index in [0.29, 0.717) is 24.3 Å². The number of aliphatic hydroxyl groups is 1. The number of carbonyl (C=O) groups excluding carboxylic acids is 1. The molecule has 0 aromatic heterocycles. The number of aliphatic hydroxyl groups excluding tert-OH is 1. The van der Waals surface area contributed by atoms with Gasteiger partial charge in [-0.05, 0) is 12.6 Å². The predicted octanol–water partition coefficient (Wildman–Crippen LogP) is -1.56. The fourth-order valence-corrected chi connectivity index (χ4v) is 4.04. The molecule has 4 rings (SSSR count). The Labute approximate surface area is 146 Å². The lowest BCUT2D eigenvalue weighted by molar-refractivity contribution is -0.156. The minimum absolute atomic E-state index is 0. The summed E-state index contributed by atoms with van der Waals surface area (Å²) in [5.41, 5.74) is 0.803. The lowest BCUT2D eigenvalue weighted by atomic mass is 9.97. The Balaban J connectivity index is 0.00000104. The summed E-state index contributed by atoms with van der Waals surface area (Å²) in [6.45, 7) is -0.226. The number of epoxide rings is 1. The van der Waals surface area contributed by atoms with E-state index in [1.165, 1.54) is 0 Å². The van der Waals surface area contributed by atoms with Gasteiger partial charge in [0.05, 0.1) is 6.61 Å². The van der Waals surface area contributed by atoms with E-state index in [1.807, 2.05) is 30.3 Å². The molecule has 0 aliphatic carbocycles. The van der Waals surface area contributed by atoms with E-state index < -0.39 is 5.92 Å². The first-order valence-corrected chi connectivity index (χ1v) is 7.92. The molecular weight excluding hydrogens is 330 g/mol. The number of carbonyl (C=O) groups is 1. The zero-order valence-corrected chi connectivity index (χ0v) is 14.1. The number of rotatable bonds is 4. The Morgan fingerprint density at radius 3 is 2.28 bits per heavy atom. The maximum atomic E-state index is 12.4. The van der Waals surface area contributed by atoms with Gasteiger partial charge in [0.2, 0.25) is 0 Å². The number of ether oxygens (including phenoxy) is 2. The van der Waals surface area contributed by atoms with Crippen molar-refractivity contribution in [3.05, 3.63) is 35.9 Å². The number of hydrogen-bond acceptors (Lipinski definition) is 5. The summed E-state index contributed by atoms with van der Waals surface area (Å²) < 4.78 is 11.4. The molecule has 0 amide bonds. The molecule has 3 saturated heterocycles. The summed E-state index contributed by atoms with van der Waals surface area (Å²) in [4.78, 5) is 14.8. The predicted molar refractivity (Wildman–Crippen MR) is 90.2 cm³/mol. The van der Waals surface area contributed by atoms with Crippen LogP contribution in [0.3, 0.4) is 0 Å². The molecule has 1 aromatic rings. The largest absolute Gasteiger partial charge is 0.462 e. The lowest BCUT2D eigenvalue weighted by Crippen LogP contribution is -2.48. The third kappa shape index (κ3) is 3.69. The summed E-state index contributed by atoms with van der Waals surface area (Å²) in [6, 6.07) is 10.1. The molecule has 7 N–H and O–H groups in total. The van der Waals surface area contributed by atoms with Crippen LogP contribution in [0.5, 0.6) is 0 Å². The van der Waals surface area contributed by atoms with E-state index in [0.717, 1.165) is 18.4 Å². The lowest BCUT2D eigenvalue weighted by Gasteiger charge is -2.38. The number of hydrogen-bond donors (Lipinski definition) is 1. The fourth-order valence-electron chi connectivity index (χ4n) is 4.04. The zero-order valence-electron chi connectivity index (χ0n) is 14.1. The summed E-state index contributed by atoms with van der Waals surface area (Å²) in [6.07, 6.45) is 2.26. The first-order valence-electron chi connectivity index (χ1n) is 7.92. The zero-order chi connectivity index (χ0) is 15.3. The number of benzene rings is 1. The number of fused-ring (bicyclic) bond motifs is 5. The van der Waals surface area contributed by atoms with Crippen molar-refractivity contribution in [2.45, 2.75) is 49.2 Å². The van der Waals surface area contributed by atoms with Crippen LogP contribution in [0.15, 0.2) is 30.3 Å². The minimum atomic E-state index is -0.593. The number of nitrogens with zero attached hydrogens (tertiary/aromatic N) is 1. The second kappa shape index (κ2) is 8.22. The molecule has 3 fully saturated rings. The van der Waals surface area contributed by atoms with E-state index in [4.69, 9.17) is 9.47 Å². The van der Waals surface area contributed by atoms with Gasteiger partial charge < -0.3 is 31.0 Å². The van der Waals surface area contributed by atoms with Crippen LogP contribution in [0.25, 0.3) is 0 Å². The Hall–Kier alpha value is -1.55. The Kier molecular flexibility index (Phi) is 7.07. The molecule has 8 heteroatoms. The van der Waals surface area contributed by atoms with Crippen molar-refractivity contribution >= 4 is 5.97 Å². The van der Waals surface area contributed by atoms with Crippen LogP contribution in [0.1, 0.15) is 24.3 Å². The normalized spacial score (nSPS) is 33.0. The number of morpholine rings is 1. The second-order valence-corrected chi connectivity index (χ2v) is 6.54. The van der Waals surface area contributed by atoms with Gasteiger partial charge in [0.1, 0.15) is 24.2 Å². The molecule has 2 bridgehead atoms. The molecule has 0 spiro atoms. The highest BCUT2D eigenvalue weighted by atomic mass is 16.6. The molecule has 25 heavy (non-hydrogen) atoms. The Bertz CT molecular complexity index is 551. The quantitative estimate of drug-likeness (QED) is 0.509. The van der Waals surface area contributed by atoms with Gasteiger partial charge in [-0.1, -0.05) is 30.3 Å². The molecule has 6 atom stereocenters. The molecule has 3 aliphatic heterocycles. The highest BCUT2D eigenvalue weighted by Gasteiger charge is 2.62. The number of likely N-dealkylation sites (N-methyl/N-ethyl adjacent to an activating group) is 1. The average molecular weight is 357 g/mol. The van der Waals surface area contributed by atoms with Gasteiger partial charge in [-0.3, -0.25) is 9.69 Å². The van der Waals surface area contributed by atoms with Crippen molar-refractivity contribution < 1.29 is 35.8 Å². The third-order valence-electron chi connectivity index (χ3n) is 5.33. The molecule has 8 nitrogen and oxygen atoms in total. The van der Waals surface area contributed by atoms with Gasteiger partial charge in [0.25, 0.3) is 0 Å². The van der Waals surface area contributed by atoms with Gasteiger partial charge in [-0.25, -0.2) is 0 Å². The molecule has 3 heterocycles. The molecule has 142 valence electrons. The Morgan fingerprint density at radius 2 is 1.76 bits per heavy atom. The molecule has 3 aliphatic rings. The average Bonchev–Trinajstić information content (AvgIpc) is 3.27. The fraction of sp³-hybridized carbons (Fsp3) is 0.588. The smallest absolute Gasteiger partial charge is 0.316 e. The van der Waals surface area contributed by atoms with Gasteiger partial charge in [-0.15, -0.1) is 0 Å². The van der Waals surface area contributed by atoms with E-state index in [9.17, 15) is 9.90 Å². The summed E-state index contributed by atoms with van der Waals surface area (Å²) in [5, 5.41) is 9.56. The van der Waals surface area contributed by atoms with E-state index in [2.05, 4.69) is 11.9 Å². The van der Waals surface area contributed by atoms with Crippen LogP contribution < -0.4 is 0 Å². The highest BCUT2D eigenvalue weighted by Crippen LogP contribution is 2.48. The summed E-state index contributed by atoms with van der Waals surface area (Å²) in [7, 11) is 2.13. The summed E-state index contributed by atoms with van der Waals surface area (Å²) in [5.74, 6) is -0.915. The minimum Gasteiger partial charge on any atom is -0.462 e. The van der Waals surface area contributed by atoms with Crippen LogP contribution >= 0.6 is 0 Å². The van der Waals surface area contributed by atoms with Crippen LogP contribution in [0.2, 0.25) is 0 Å². The number of esters is 1. The Morgan fingerprint density at radius 1 is 1.20 bits per heavy atom. The third-order valence-corrected chi connectivity index (χ3v) is 5.33. The SMILES string of the molecule is CN1[C@@H]2CC(OC(=O)[C@H](CO)c3ccccc3)C[C@H]1[C@@H]1O[C@@H]12.O.O.O. The van der Waals surface area contributed by atoms with Crippen LogP contribution in [0, 0.1) is 0 Å². The molecule has 0 saturated carbocycles. The van der Waals surface area contributed by atoms with E-state index in [1.54, 1.807) is 0 Å². The highest BCUT2D eigenvalue weighted by molar-refractivity contribution is 5.78. The molecule has 1 unspecified atom stereocenters. The van der Waals surface area contributed by atoms with Crippen LogP contribution in [0.4, 0.5) is 0 Å². The van der Waals surface area contributed by atoms with Crippen LogP contribution in [-0.2, 0) is 14.3 Å². The van der Waals surface area contributed by atoms with E-state index >= 15 is 0 Å². The van der Waals surface area contributed by atoms with Crippen molar-refractivity contribution in [1.29, 1.82) is 0 Å². The van der Waals surface area contributed by atoms with E-state index in [-0.39, 0.29) is 35.1 Å². The molecule has 1 aromatic carbocycles. The molecule has 0 radical (unpaired) electrons. The van der Waals surface area contributed by atoms with Gasteiger partial charge in [0.15, 0.2) is 0 Å². The second-order valence-electron chi connectivity index (χ2n) is 6.54. The topological polar surface area (TPSA) is 157 Å². The maximum absolute atomic E-state index is 12.4. The van der Waals surface area contributed by atoms with Crippen molar-refractivity contribution in [2.24, 2.45) is 0 Å². The van der Waals surface area contributed by atoms with Gasteiger partial charge in [0, 0.05) is 24.9 Å². The first-order chi connectivity index (χ1) is 10.7. The number of piperidine rings is 1. The molecular formula is C17H27NO7. The monoisotopic (exact) mass is 357 g/mol. The van der Waals surface area contributed by atoms with Gasteiger partial charge in [-0.2, -0.15) is 0 Å². The standard InChI is InChI=1S/C17H21NO4.3H2O/c1-18-13-7-11(8-14(18)16-15(13)22-16)21-17(20)12(9-19)10-5-3-2-4-6-10;;;/h2-6,11-16,19H,7-9H2,1H3;3*1H2/t11?,12-,13-,14+,15-,16+;;;/m1.../s1. The van der Waals surface area contributed by atoms with Crippen LogP contribution in [-0.4, -0.2) is 76.5 Å². The van der Waals surface area contributed by atoms with Crippen molar-refractivity contribution in [2.75, 3.05) is 13.7 Å². The van der Waals surface area contributed by atoms with Gasteiger partial charge >= 0.3 is 5.97 Å².